The first-order chi connectivity index (χ1) is 8.00. The first-order valence-electron chi connectivity index (χ1n) is 7.06. The molecule has 1 fully saturated rings. The molecule has 17 heavy (non-hydrogen) atoms. The maximum absolute atomic E-state index is 12.4. The van der Waals surface area contributed by atoms with Gasteiger partial charge in [-0.3, -0.25) is 9.29 Å². The van der Waals surface area contributed by atoms with Crippen molar-refractivity contribution in [1.29, 1.82) is 0 Å². The van der Waals surface area contributed by atoms with Gasteiger partial charge in [0.15, 0.2) is 0 Å². The van der Waals surface area contributed by atoms with Gasteiger partial charge in [0.05, 0.1) is 6.67 Å². The smallest absolute Gasteiger partial charge is 0.0906 e. The molecule has 3 heteroatoms. The van der Waals surface area contributed by atoms with E-state index in [0.717, 1.165) is 26.1 Å². The molecular weight excluding hydrogens is 215 g/mol. The minimum Gasteiger partial charge on any atom is -0.309 e. The Kier molecular flexibility index (Phi) is 5.87. The van der Waals surface area contributed by atoms with E-state index >= 15 is 0 Å². The molecule has 0 radical (unpaired) electrons. The van der Waals surface area contributed by atoms with Crippen molar-refractivity contribution in [3.05, 3.63) is 0 Å². The maximum atomic E-state index is 12.4. The molecule has 2 unspecified atom stereocenters. The second kappa shape index (κ2) is 6.69. The van der Waals surface area contributed by atoms with Crippen LogP contribution < -0.4 is 5.32 Å². The lowest BCUT2D eigenvalue weighted by Gasteiger charge is -2.46. The van der Waals surface area contributed by atoms with Gasteiger partial charge in [-0.2, -0.15) is 0 Å². The summed E-state index contributed by atoms with van der Waals surface area (Å²) in [5.74, 6) is 0.709. The van der Waals surface area contributed by atoms with Gasteiger partial charge >= 0.3 is 0 Å². The predicted octanol–water partition coefficient (Wildman–Crippen LogP) is 2.83. The van der Waals surface area contributed by atoms with E-state index < -0.39 is 0 Å². The van der Waals surface area contributed by atoms with Crippen LogP contribution in [0.4, 0.5) is 4.39 Å². The van der Waals surface area contributed by atoms with Gasteiger partial charge in [-0.05, 0) is 32.1 Å². The number of halogens is 1. The van der Waals surface area contributed by atoms with Gasteiger partial charge in [0.2, 0.25) is 0 Å². The average molecular weight is 244 g/mol. The fraction of sp³-hybridized carbons (Fsp3) is 1.00. The number of hydrogen-bond acceptors (Lipinski definition) is 2. The van der Waals surface area contributed by atoms with Crippen LogP contribution in [0.3, 0.4) is 0 Å². The number of nitrogens with one attached hydrogen (secondary N) is 1. The summed E-state index contributed by atoms with van der Waals surface area (Å²) in [5, 5.41) is 3.67. The highest BCUT2D eigenvalue weighted by Crippen LogP contribution is 2.22. The molecule has 1 aliphatic heterocycles. The fourth-order valence-corrected chi connectivity index (χ4v) is 2.66. The Morgan fingerprint density at radius 2 is 2.18 bits per heavy atom. The summed E-state index contributed by atoms with van der Waals surface area (Å²) in [6.07, 6.45) is 3.01. The van der Waals surface area contributed by atoms with Crippen LogP contribution in [0.2, 0.25) is 0 Å². The number of nitrogens with zero attached hydrogens (tertiary/aromatic N) is 1. The zero-order chi connectivity index (χ0) is 12.9. The molecule has 0 aromatic carbocycles. The Morgan fingerprint density at radius 3 is 2.71 bits per heavy atom. The molecule has 1 N–H and O–H groups in total. The first kappa shape index (κ1) is 14.9. The van der Waals surface area contributed by atoms with Crippen molar-refractivity contribution in [3.63, 3.8) is 0 Å². The molecule has 1 rings (SSSR count). The van der Waals surface area contributed by atoms with Crippen LogP contribution in [0, 0.1) is 5.92 Å². The van der Waals surface area contributed by atoms with Crippen LogP contribution >= 0.6 is 0 Å². The monoisotopic (exact) mass is 244 g/mol. The molecule has 0 bridgehead atoms. The van der Waals surface area contributed by atoms with Gasteiger partial charge in [0.25, 0.3) is 0 Å². The largest absolute Gasteiger partial charge is 0.309 e. The van der Waals surface area contributed by atoms with E-state index in [-0.39, 0.29) is 12.2 Å². The Balaban J connectivity index is 2.58. The Hall–Kier alpha value is -0.150. The molecule has 2 nitrogen and oxygen atoms in total. The van der Waals surface area contributed by atoms with Gasteiger partial charge in [0, 0.05) is 31.2 Å². The van der Waals surface area contributed by atoms with Crippen molar-refractivity contribution < 1.29 is 4.39 Å². The molecule has 0 aromatic heterocycles. The SMILES string of the molecule is CCC1(C)CN(CCCF)C(CC(C)C)CN1. The van der Waals surface area contributed by atoms with E-state index in [1.807, 2.05) is 0 Å². The van der Waals surface area contributed by atoms with E-state index in [4.69, 9.17) is 0 Å². The quantitative estimate of drug-likeness (QED) is 0.773. The predicted molar refractivity (Wildman–Crippen MR) is 72.1 cm³/mol. The van der Waals surface area contributed by atoms with E-state index in [0.29, 0.717) is 18.4 Å². The van der Waals surface area contributed by atoms with Crippen molar-refractivity contribution >= 4 is 0 Å². The number of alkyl halides is 1. The molecule has 1 saturated heterocycles. The molecule has 1 aliphatic rings. The highest BCUT2D eigenvalue weighted by molar-refractivity contribution is 4.94. The lowest BCUT2D eigenvalue weighted by Crippen LogP contribution is -2.63. The minimum absolute atomic E-state index is 0.193. The fourth-order valence-electron chi connectivity index (χ4n) is 2.66. The lowest BCUT2D eigenvalue weighted by molar-refractivity contribution is 0.0703. The summed E-state index contributed by atoms with van der Waals surface area (Å²) in [6.45, 7) is 11.9. The summed E-state index contributed by atoms with van der Waals surface area (Å²) < 4.78 is 12.4. The third-order valence-electron chi connectivity index (χ3n) is 3.94. The normalized spacial score (nSPS) is 31.1. The van der Waals surface area contributed by atoms with Gasteiger partial charge in [0.1, 0.15) is 0 Å². The third kappa shape index (κ3) is 4.55. The summed E-state index contributed by atoms with van der Waals surface area (Å²) >= 11 is 0. The Labute approximate surface area is 106 Å². The highest BCUT2D eigenvalue weighted by Gasteiger charge is 2.34. The molecule has 1 heterocycles. The van der Waals surface area contributed by atoms with Crippen molar-refractivity contribution in [2.45, 2.75) is 58.5 Å². The number of piperazine rings is 1. The topological polar surface area (TPSA) is 15.3 Å². The van der Waals surface area contributed by atoms with E-state index in [1.54, 1.807) is 0 Å². The lowest BCUT2D eigenvalue weighted by atomic mass is 9.90. The second-order valence-electron chi connectivity index (χ2n) is 6.09. The molecule has 0 spiro atoms. The van der Waals surface area contributed by atoms with Gasteiger partial charge < -0.3 is 5.32 Å². The average Bonchev–Trinajstić information content (AvgIpc) is 2.29. The molecule has 0 saturated carbocycles. The highest BCUT2D eigenvalue weighted by atomic mass is 19.1. The van der Waals surface area contributed by atoms with Crippen LogP contribution in [0.1, 0.15) is 47.0 Å². The first-order valence-corrected chi connectivity index (χ1v) is 7.06. The van der Waals surface area contributed by atoms with Gasteiger partial charge in [-0.15, -0.1) is 0 Å². The molecule has 102 valence electrons. The second-order valence-corrected chi connectivity index (χ2v) is 6.09. The minimum atomic E-state index is -0.193. The molecule has 0 aliphatic carbocycles. The van der Waals surface area contributed by atoms with Gasteiger partial charge in [-0.25, -0.2) is 0 Å². The zero-order valence-corrected chi connectivity index (χ0v) is 11.9. The number of rotatable bonds is 6. The van der Waals surface area contributed by atoms with Crippen LogP contribution in [0.15, 0.2) is 0 Å². The van der Waals surface area contributed by atoms with Crippen molar-refractivity contribution in [2.24, 2.45) is 5.92 Å². The summed E-state index contributed by atoms with van der Waals surface area (Å²) in [6, 6.07) is 0.584. The van der Waals surface area contributed by atoms with E-state index in [1.165, 1.54) is 6.42 Å². The molecule has 0 amide bonds. The Bertz CT molecular complexity index is 220. The summed E-state index contributed by atoms with van der Waals surface area (Å²) in [7, 11) is 0. The standard InChI is InChI=1S/C14H29FN2/c1-5-14(4)11-17(8-6-7-15)13(10-16-14)9-12(2)3/h12-13,16H,5-11H2,1-4H3. The third-order valence-corrected chi connectivity index (χ3v) is 3.94. The van der Waals surface area contributed by atoms with E-state index in [9.17, 15) is 4.39 Å². The van der Waals surface area contributed by atoms with Crippen molar-refractivity contribution in [2.75, 3.05) is 26.3 Å². The van der Waals surface area contributed by atoms with Crippen molar-refractivity contribution in [1.82, 2.24) is 10.2 Å². The summed E-state index contributed by atoms with van der Waals surface area (Å²) in [5.41, 5.74) is 0.212. The van der Waals surface area contributed by atoms with Crippen LogP contribution in [-0.4, -0.2) is 42.8 Å². The van der Waals surface area contributed by atoms with Gasteiger partial charge in [-0.1, -0.05) is 20.8 Å². The van der Waals surface area contributed by atoms with E-state index in [2.05, 4.69) is 37.9 Å². The number of hydrogen-bond donors (Lipinski definition) is 1. The Morgan fingerprint density at radius 1 is 1.47 bits per heavy atom. The maximum Gasteiger partial charge on any atom is 0.0906 e. The zero-order valence-electron chi connectivity index (χ0n) is 11.9. The molecular formula is C14H29FN2. The van der Waals surface area contributed by atoms with Crippen LogP contribution in [0.25, 0.3) is 0 Å². The van der Waals surface area contributed by atoms with Crippen LogP contribution in [-0.2, 0) is 0 Å². The molecule has 0 aromatic rings. The summed E-state index contributed by atoms with van der Waals surface area (Å²) in [4.78, 5) is 2.50. The van der Waals surface area contributed by atoms with Crippen molar-refractivity contribution in [3.8, 4) is 0 Å². The molecule has 2 atom stereocenters. The van der Waals surface area contributed by atoms with Crippen LogP contribution in [0.5, 0.6) is 0 Å².